The van der Waals surface area contributed by atoms with Crippen LogP contribution in [0.4, 0.5) is 0 Å². The molecular formula is C20H26N2O2. The van der Waals surface area contributed by atoms with Gasteiger partial charge in [0.05, 0.1) is 5.92 Å². The van der Waals surface area contributed by atoms with E-state index in [9.17, 15) is 9.59 Å². The van der Waals surface area contributed by atoms with Crippen molar-refractivity contribution in [1.29, 1.82) is 0 Å². The topological polar surface area (TPSA) is 40.6 Å². The number of nitrogens with zero attached hydrogens (tertiary/aromatic N) is 2. The van der Waals surface area contributed by atoms with E-state index in [2.05, 4.69) is 12.1 Å². The predicted octanol–water partition coefficient (Wildman–Crippen LogP) is 2.79. The Kier molecular flexibility index (Phi) is 3.86. The summed E-state index contributed by atoms with van der Waals surface area (Å²) in [5.74, 6) is 0.840. The molecule has 0 aromatic heterocycles. The number of carbonyl (C=O) groups excluding carboxylic acids is 2. The highest BCUT2D eigenvalue weighted by molar-refractivity contribution is 5.87. The highest BCUT2D eigenvalue weighted by Gasteiger charge is 2.51. The number of likely N-dealkylation sites (N-methyl/N-ethyl adjacent to an activating group) is 1. The molecule has 1 spiro atoms. The predicted molar refractivity (Wildman–Crippen MR) is 92.5 cm³/mol. The maximum Gasteiger partial charge on any atom is 0.230 e. The van der Waals surface area contributed by atoms with Crippen LogP contribution in [0.5, 0.6) is 0 Å². The second-order valence-electron chi connectivity index (χ2n) is 7.74. The van der Waals surface area contributed by atoms with E-state index in [1.807, 2.05) is 35.0 Å². The van der Waals surface area contributed by atoms with Gasteiger partial charge in [-0.05, 0) is 37.7 Å². The minimum Gasteiger partial charge on any atom is -0.342 e. The molecule has 2 saturated heterocycles. The fourth-order valence-electron chi connectivity index (χ4n) is 4.61. The van der Waals surface area contributed by atoms with Crippen molar-refractivity contribution in [3.05, 3.63) is 35.9 Å². The van der Waals surface area contributed by atoms with Gasteiger partial charge in [0.2, 0.25) is 11.8 Å². The van der Waals surface area contributed by atoms with E-state index in [4.69, 9.17) is 0 Å². The third kappa shape index (κ3) is 2.43. The van der Waals surface area contributed by atoms with Crippen molar-refractivity contribution >= 4 is 11.8 Å². The summed E-state index contributed by atoms with van der Waals surface area (Å²) in [6.45, 7) is 1.60. The van der Waals surface area contributed by atoms with Gasteiger partial charge in [0.25, 0.3) is 0 Å². The smallest absolute Gasteiger partial charge is 0.230 e. The maximum absolute atomic E-state index is 12.8. The summed E-state index contributed by atoms with van der Waals surface area (Å²) in [6.07, 6.45) is 6.04. The number of rotatable bonds is 2. The Balaban J connectivity index is 1.46. The van der Waals surface area contributed by atoms with Gasteiger partial charge in [-0.15, -0.1) is 0 Å². The lowest BCUT2D eigenvalue weighted by atomic mass is 9.80. The Hall–Kier alpha value is -1.84. The molecule has 3 fully saturated rings. The van der Waals surface area contributed by atoms with Crippen LogP contribution in [0.15, 0.2) is 30.3 Å². The average molecular weight is 326 g/mol. The lowest BCUT2D eigenvalue weighted by Gasteiger charge is -2.44. The Morgan fingerprint density at radius 3 is 2.38 bits per heavy atom. The molecule has 3 aliphatic rings. The van der Waals surface area contributed by atoms with E-state index in [0.29, 0.717) is 5.91 Å². The van der Waals surface area contributed by atoms with E-state index < -0.39 is 0 Å². The first-order valence-electron chi connectivity index (χ1n) is 9.22. The monoisotopic (exact) mass is 326 g/mol. The van der Waals surface area contributed by atoms with Crippen molar-refractivity contribution in [2.75, 3.05) is 20.1 Å². The third-order valence-corrected chi connectivity index (χ3v) is 6.59. The maximum atomic E-state index is 12.8. The van der Waals surface area contributed by atoms with Gasteiger partial charge in [0.1, 0.15) is 0 Å². The molecule has 1 aromatic carbocycles. The lowest BCUT2D eigenvalue weighted by Crippen LogP contribution is -2.54. The summed E-state index contributed by atoms with van der Waals surface area (Å²) in [5, 5.41) is 0. The summed E-state index contributed by atoms with van der Waals surface area (Å²) in [4.78, 5) is 29.3. The number of hydrogen-bond donors (Lipinski definition) is 0. The molecule has 0 radical (unpaired) electrons. The van der Waals surface area contributed by atoms with Crippen LogP contribution in [-0.2, 0) is 9.59 Å². The van der Waals surface area contributed by atoms with Gasteiger partial charge in [-0.2, -0.15) is 0 Å². The fraction of sp³-hybridized carbons (Fsp3) is 0.600. The zero-order valence-corrected chi connectivity index (χ0v) is 14.4. The van der Waals surface area contributed by atoms with Gasteiger partial charge < -0.3 is 9.80 Å². The zero-order chi connectivity index (χ0) is 16.7. The minimum absolute atomic E-state index is 0.0231. The molecule has 4 nitrogen and oxygen atoms in total. The van der Waals surface area contributed by atoms with Crippen LogP contribution in [0.3, 0.4) is 0 Å². The van der Waals surface area contributed by atoms with E-state index in [-0.39, 0.29) is 23.3 Å². The first-order valence-corrected chi connectivity index (χ1v) is 9.22. The molecule has 128 valence electrons. The van der Waals surface area contributed by atoms with Crippen LogP contribution < -0.4 is 0 Å². The zero-order valence-electron chi connectivity index (χ0n) is 14.4. The highest BCUT2D eigenvalue weighted by atomic mass is 16.2. The van der Waals surface area contributed by atoms with Gasteiger partial charge in [-0.1, -0.05) is 36.8 Å². The Morgan fingerprint density at radius 2 is 1.79 bits per heavy atom. The molecule has 0 N–H and O–H groups in total. The van der Waals surface area contributed by atoms with Crippen molar-refractivity contribution in [3.63, 3.8) is 0 Å². The van der Waals surface area contributed by atoms with Crippen molar-refractivity contribution in [3.8, 4) is 0 Å². The summed E-state index contributed by atoms with van der Waals surface area (Å²) in [6, 6.07) is 10.1. The molecule has 1 atom stereocenters. The average Bonchev–Trinajstić information content (AvgIpc) is 2.80. The summed E-state index contributed by atoms with van der Waals surface area (Å²) in [5.41, 5.74) is 1.06. The van der Waals surface area contributed by atoms with Gasteiger partial charge in [0, 0.05) is 31.6 Å². The second-order valence-corrected chi connectivity index (χ2v) is 7.74. The molecular weight excluding hydrogens is 300 g/mol. The Morgan fingerprint density at radius 1 is 1.12 bits per heavy atom. The summed E-state index contributed by atoms with van der Waals surface area (Å²) < 4.78 is 0. The van der Waals surface area contributed by atoms with E-state index in [0.717, 1.165) is 50.8 Å². The fourth-order valence-corrected chi connectivity index (χ4v) is 4.61. The van der Waals surface area contributed by atoms with Crippen LogP contribution in [0.25, 0.3) is 0 Å². The molecule has 2 aliphatic heterocycles. The molecule has 4 rings (SSSR count). The van der Waals surface area contributed by atoms with E-state index in [1.165, 1.54) is 6.42 Å². The van der Waals surface area contributed by atoms with Crippen molar-refractivity contribution < 1.29 is 9.59 Å². The molecule has 1 aromatic rings. The number of benzene rings is 1. The second kappa shape index (κ2) is 5.91. The van der Waals surface area contributed by atoms with E-state index in [1.54, 1.807) is 0 Å². The van der Waals surface area contributed by atoms with Crippen molar-refractivity contribution in [2.24, 2.45) is 5.92 Å². The van der Waals surface area contributed by atoms with Crippen LogP contribution >= 0.6 is 0 Å². The summed E-state index contributed by atoms with van der Waals surface area (Å²) in [7, 11) is 1.95. The number of hydrogen-bond acceptors (Lipinski definition) is 2. The summed E-state index contributed by atoms with van der Waals surface area (Å²) >= 11 is 0. The highest BCUT2D eigenvalue weighted by Crippen LogP contribution is 2.45. The molecule has 4 heteroatoms. The van der Waals surface area contributed by atoms with Crippen molar-refractivity contribution in [1.82, 2.24) is 9.80 Å². The molecule has 1 saturated carbocycles. The minimum atomic E-state index is -0.0615. The number of carbonyl (C=O) groups is 2. The quantitative estimate of drug-likeness (QED) is 0.838. The SMILES string of the molecule is CN1C(=O)[C@H](c2ccccc2)CC12CCN(C(=O)C1CCC1)CC2. The molecule has 1 aliphatic carbocycles. The first-order chi connectivity index (χ1) is 11.6. The largest absolute Gasteiger partial charge is 0.342 e. The van der Waals surface area contributed by atoms with Crippen LogP contribution in [0.2, 0.25) is 0 Å². The standard InChI is InChI=1S/C20H26N2O2/c1-21-19(24)17(15-6-3-2-4-7-15)14-20(21)10-12-22(13-11-20)18(23)16-8-5-9-16/h2-4,6-7,16-17H,5,8-14H2,1H3/t17-/m0/s1. The molecule has 2 heterocycles. The number of piperidine rings is 1. The normalized spacial score (nSPS) is 26.7. The number of likely N-dealkylation sites (tertiary alicyclic amines) is 2. The molecule has 24 heavy (non-hydrogen) atoms. The molecule has 2 amide bonds. The Labute approximate surface area is 143 Å². The lowest BCUT2D eigenvalue weighted by molar-refractivity contribution is -0.141. The van der Waals surface area contributed by atoms with Crippen LogP contribution in [0.1, 0.15) is 50.0 Å². The van der Waals surface area contributed by atoms with E-state index >= 15 is 0 Å². The van der Waals surface area contributed by atoms with Gasteiger partial charge >= 0.3 is 0 Å². The molecule has 0 unspecified atom stereocenters. The molecule has 0 bridgehead atoms. The first kappa shape index (κ1) is 15.7. The van der Waals surface area contributed by atoms with Crippen LogP contribution in [-0.4, -0.2) is 47.3 Å². The van der Waals surface area contributed by atoms with Gasteiger partial charge in [0.15, 0.2) is 0 Å². The van der Waals surface area contributed by atoms with Crippen molar-refractivity contribution in [2.45, 2.75) is 50.0 Å². The van der Waals surface area contributed by atoms with Gasteiger partial charge in [-0.25, -0.2) is 0 Å². The van der Waals surface area contributed by atoms with Crippen LogP contribution in [0, 0.1) is 5.92 Å². The Bertz CT molecular complexity index is 630. The number of amides is 2. The third-order valence-electron chi connectivity index (χ3n) is 6.59. The van der Waals surface area contributed by atoms with Gasteiger partial charge in [-0.3, -0.25) is 9.59 Å².